The molecular formula is C21H21ClN2OS. The van der Waals surface area contributed by atoms with E-state index in [1.807, 2.05) is 35.4 Å². The summed E-state index contributed by atoms with van der Waals surface area (Å²) in [5.41, 5.74) is 4.58. The zero-order valence-corrected chi connectivity index (χ0v) is 16.4. The quantitative estimate of drug-likeness (QED) is 0.672. The van der Waals surface area contributed by atoms with Crippen molar-refractivity contribution in [2.75, 3.05) is 18.6 Å². The van der Waals surface area contributed by atoms with Gasteiger partial charge in [0.25, 0.3) is 0 Å². The number of nitrogens with zero attached hydrogens (tertiary/aromatic N) is 1. The average Bonchev–Trinajstić information content (AvgIpc) is 3.03. The number of fused-ring (bicyclic) bond motifs is 3. The summed E-state index contributed by atoms with van der Waals surface area (Å²) in [4.78, 5) is 18.3. The summed E-state index contributed by atoms with van der Waals surface area (Å²) >= 11 is 8.11. The van der Waals surface area contributed by atoms with Crippen molar-refractivity contribution in [3.05, 3.63) is 70.4 Å². The first-order valence-electron chi connectivity index (χ1n) is 8.75. The number of hydrogen-bond acceptors (Lipinski definition) is 2. The predicted octanol–water partition coefficient (Wildman–Crippen LogP) is 5.22. The van der Waals surface area contributed by atoms with Crippen molar-refractivity contribution in [1.29, 1.82) is 0 Å². The van der Waals surface area contributed by atoms with Crippen LogP contribution in [0.2, 0.25) is 5.02 Å². The highest BCUT2D eigenvalue weighted by molar-refractivity contribution is 7.99. The smallest absolute Gasteiger partial charge is 0.233 e. The molecule has 0 saturated heterocycles. The molecule has 0 spiro atoms. The Labute approximate surface area is 162 Å². The number of thioether (sulfide) groups is 1. The molecule has 1 aromatic heterocycles. The van der Waals surface area contributed by atoms with Crippen molar-refractivity contribution in [3.8, 4) is 0 Å². The maximum absolute atomic E-state index is 12.8. The Balaban J connectivity index is 1.92. The molecule has 26 heavy (non-hydrogen) atoms. The number of aromatic amines is 1. The first kappa shape index (κ1) is 17.5. The predicted molar refractivity (Wildman–Crippen MR) is 110 cm³/mol. The minimum Gasteiger partial charge on any atom is -0.356 e. The van der Waals surface area contributed by atoms with E-state index in [9.17, 15) is 4.79 Å². The van der Waals surface area contributed by atoms with Gasteiger partial charge in [-0.15, -0.1) is 0 Å². The van der Waals surface area contributed by atoms with Crippen LogP contribution in [0.5, 0.6) is 0 Å². The second-order valence-corrected chi connectivity index (χ2v) is 8.00. The number of carbonyl (C=O) groups is 1. The molecule has 1 aliphatic heterocycles. The third kappa shape index (κ3) is 2.81. The highest BCUT2D eigenvalue weighted by atomic mass is 35.5. The molecule has 3 nitrogen and oxygen atoms in total. The van der Waals surface area contributed by atoms with Crippen LogP contribution in [0.15, 0.2) is 48.5 Å². The minimum absolute atomic E-state index is 0.0239. The molecule has 5 heteroatoms. The minimum atomic E-state index is 0.0239. The van der Waals surface area contributed by atoms with E-state index in [0.29, 0.717) is 12.3 Å². The van der Waals surface area contributed by atoms with Gasteiger partial charge in [0.1, 0.15) is 0 Å². The van der Waals surface area contributed by atoms with Crippen molar-refractivity contribution in [2.24, 2.45) is 0 Å². The molecule has 2 aromatic carbocycles. The molecule has 0 radical (unpaired) electrons. The number of carbonyl (C=O) groups excluding carboxylic acids is 1. The molecule has 0 bridgehead atoms. The summed E-state index contributed by atoms with van der Waals surface area (Å²) in [6.07, 6.45) is 1.96. The lowest BCUT2D eigenvalue weighted by atomic mass is 9.83. The van der Waals surface area contributed by atoms with Crippen molar-refractivity contribution in [3.63, 3.8) is 0 Å². The molecular weight excluding hydrogens is 364 g/mol. The zero-order chi connectivity index (χ0) is 18.3. The van der Waals surface area contributed by atoms with E-state index in [4.69, 9.17) is 11.6 Å². The highest BCUT2D eigenvalue weighted by Crippen LogP contribution is 2.44. The first-order chi connectivity index (χ1) is 12.6. The van der Waals surface area contributed by atoms with E-state index < -0.39 is 0 Å². The molecule has 2 unspecified atom stereocenters. The topological polar surface area (TPSA) is 36.1 Å². The number of nitrogens with one attached hydrogen (secondary N) is 1. The lowest BCUT2D eigenvalue weighted by Crippen LogP contribution is -2.42. The number of amides is 1. The Morgan fingerprint density at radius 1 is 1.23 bits per heavy atom. The first-order valence-corrected chi connectivity index (χ1v) is 10.5. The van der Waals surface area contributed by atoms with Gasteiger partial charge < -0.3 is 9.88 Å². The summed E-state index contributed by atoms with van der Waals surface area (Å²) in [6.45, 7) is 2.76. The van der Waals surface area contributed by atoms with E-state index in [2.05, 4.69) is 36.2 Å². The molecule has 2 heterocycles. The molecule has 0 aliphatic carbocycles. The van der Waals surface area contributed by atoms with Crippen molar-refractivity contribution in [2.45, 2.75) is 18.9 Å². The van der Waals surface area contributed by atoms with Crippen LogP contribution >= 0.6 is 23.4 Å². The van der Waals surface area contributed by atoms with Gasteiger partial charge in [0, 0.05) is 34.1 Å². The van der Waals surface area contributed by atoms with Gasteiger partial charge in [-0.1, -0.05) is 48.0 Å². The summed E-state index contributed by atoms with van der Waals surface area (Å²) in [5, 5.41) is 1.97. The third-order valence-corrected chi connectivity index (χ3v) is 6.14. The Kier molecular flexibility index (Phi) is 4.72. The van der Waals surface area contributed by atoms with Crippen LogP contribution in [-0.2, 0) is 4.79 Å². The summed E-state index contributed by atoms with van der Waals surface area (Å²) in [7, 11) is 0. The van der Waals surface area contributed by atoms with E-state index in [-0.39, 0.29) is 17.9 Å². The Morgan fingerprint density at radius 3 is 2.73 bits per heavy atom. The molecule has 134 valence electrons. The molecule has 3 aromatic rings. The summed E-state index contributed by atoms with van der Waals surface area (Å²) in [5.74, 6) is 0.734. The molecule has 0 fully saturated rings. The Hall–Kier alpha value is -1.91. The summed E-state index contributed by atoms with van der Waals surface area (Å²) < 4.78 is 0. The molecule has 1 amide bonds. The standard InChI is InChI=1S/C21H21ClN2OS/c1-13-21-20(15-8-4-6-10-18(15)23-21)16(11-24(13)19(25)12-26-2)14-7-3-5-9-17(14)22/h3-10,13,16,23H,11-12H2,1-2H3. The van der Waals surface area contributed by atoms with Crippen LogP contribution in [0.3, 0.4) is 0 Å². The number of rotatable bonds is 3. The number of benzene rings is 2. The fourth-order valence-electron chi connectivity index (χ4n) is 4.03. The summed E-state index contributed by atoms with van der Waals surface area (Å²) in [6, 6.07) is 16.3. The highest BCUT2D eigenvalue weighted by Gasteiger charge is 2.37. The van der Waals surface area contributed by atoms with E-state index in [0.717, 1.165) is 21.8 Å². The molecule has 1 aliphatic rings. The molecule has 4 rings (SSSR count). The third-order valence-electron chi connectivity index (χ3n) is 5.26. The fraction of sp³-hybridized carbons (Fsp3) is 0.286. The maximum atomic E-state index is 12.8. The van der Waals surface area contributed by atoms with Gasteiger partial charge in [0.15, 0.2) is 0 Å². The van der Waals surface area contributed by atoms with Gasteiger partial charge in [-0.25, -0.2) is 0 Å². The second-order valence-electron chi connectivity index (χ2n) is 6.73. The monoisotopic (exact) mass is 384 g/mol. The van der Waals surface area contributed by atoms with Crippen molar-refractivity contribution in [1.82, 2.24) is 9.88 Å². The van der Waals surface area contributed by atoms with Crippen molar-refractivity contribution >= 4 is 40.2 Å². The lowest BCUT2D eigenvalue weighted by molar-refractivity contribution is -0.131. The van der Waals surface area contributed by atoms with Crippen LogP contribution in [-0.4, -0.2) is 34.3 Å². The SMILES string of the molecule is CSCC(=O)N1CC(c2ccccc2Cl)c2c([nH]c3ccccc23)C1C. The molecule has 2 atom stereocenters. The van der Waals surface area contributed by atoms with Crippen molar-refractivity contribution < 1.29 is 4.79 Å². The molecule has 0 saturated carbocycles. The number of hydrogen-bond donors (Lipinski definition) is 1. The van der Waals surface area contributed by atoms with E-state index >= 15 is 0 Å². The second kappa shape index (κ2) is 7.01. The van der Waals surface area contributed by atoms with Gasteiger partial charge >= 0.3 is 0 Å². The van der Waals surface area contributed by atoms with Crippen LogP contribution < -0.4 is 0 Å². The zero-order valence-electron chi connectivity index (χ0n) is 14.8. The van der Waals surface area contributed by atoms with Gasteiger partial charge in [-0.05, 0) is 36.4 Å². The molecule has 1 N–H and O–H groups in total. The lowest BCUT2D eigenvalue weighted by Gasteiger charge is -2.38. The number of aromatic nitrogens is 1. The van der Waals surface area contributed by atoms with Gasteiger partial charge in [-0.3, -0.25) is 4.79 Å². The number of H-pyrrole nitrogens is 1. The van der Waals surface area contributed by atoms with E-state index in [1.165, 1.54) is 10.9 Å². The largest absolute Gasteiger partial charge is 0.356 e. The van der Waals surface area contributed by atoms with Crippen LogP contribution in [0.25, 0.3) is 10.9 Å². The van der Waals surface area contributed by atoms with Crippen LogP contribution in [0.1, 0.15) is 35.7 Å². The Morgan fingerprint density at radius 2 is 1.96 bits per heavy atom. The van der Waals surface area contributed by atoms with Gasteiger partial charge in [-0.2, -0.15) is 11.8 Å². The van der Waals surface area contributed by atoms with Gasteiger partial charge in [0.2, 0.25) is 5.91 Å². The Bertz CT molecular complexity index is 968. The number of halogens is 1. The maximum Gasteiger partial charge on any atom is 0.233 e. The van der Waals surface area contributed by atoms with E-state index in [1.54, 1.807) is 11.8 Å². The normalized spacial score (nSPS) is 19.6. The van der Waals surface area contributed by atoms with Gasteiger partial charge in [0.05, 0.1) is 11.8 Å². The van der Waals surface area contributed by atoms with Crippen LogP contribution in [0.4, 0.5) is 0 Å². The fourth-order valence-corrected chi connectivity index (χ4v) is 4.71. The average molecular weight is 385 g/mol. The van der Waals surface area contributed by atoms with Crippen LogP contribution in [0, 0.1) is 0 Å². The number of para-hydroxylation sites is 1.